The van der Waals surface area contributed by atoms with Gasteiger partial charge in [0.1, 0.15) is 6.61 Å². The molecule has 0 amide bonds. The molecule has 0 atom stereocenters. The van der Waals surface area contributed by atoms with Crippen LogP contribution in [0.4, 0.5) is 0 Å². The quantitative estimate of drug-likeness (QED) is 0.620. The first kappa shape index (κ1) is 13.7. The Kier molecular flexibility index (Phi) is 6.68. The molecule has 0 fully saturated rings. The average molecular weight is 307 g/mol. The highest BCUT2D eigenvalue weighted by Crippen LogP contribution is 2.34. The van der Waals surface area contributed by atoms with Crippen molar-refractivity contribution in [3.05, 3.63) is 22.7 Å². The summed E-state index contributed by atoms with van der Waals surface area (Å²) in [6.07, 6.45) is 0. The fourth-order valence-corrected chi connectivity index (χ4v) is 1.75. The molecule has 0 aliphatic heterocycles. The lowest BCUT2D eigenvalue weighted by molar-refractivity contribution is 0.110. The number of hydrogen-bond acceptors (Lipinski definition) is 4. The van der Waals surface area contributed by atoms with Crippen molar-refractivity contribution in [1.82, 2.24) is 0 Å². The molecule has 0 bridgehead atoms. The summed E-state index contributed by atoms with van der Waals surface area (Å²) in [4.78, 5) is 0. The maximum Gasteiger partial charge on any atom is 0.175 e. The van der Waals surface area contributed by atoms with E-state index in [4.69, 9.17) is 14.2 Å². The van der Waals surface area contributed by atoms with Gasteiger partial charge >= 0.3 is 0 Å². The standard InChI is InChI=1S/C11H15BrO3S/c1-13-10-4-2-3-9(12)11(10)15-6-5-14-7-8-16/h2-4,16H,5-8H2,1H3. The van der Waals surface area contributed by atoms with Crippen molar-refractivity contribution in [3.8, 4) is 11.5 Å². The summed E-state index contributed by atoms with van der Waals surface area (Å²) in [5.74, 6) is 2.14. The first-order valence-electron chi connectivity index (χ1n) is 4.93. The third-order valence-electron chi connectivity index (χ3n) is 1.86. The number of rotatable bonds is 7. The Hall–Kier alpha value is -0.390. The van der Waals surface area contributed by atoms with Gasteiger partial charge in [0.2, 0.25) is 0 Å². The molecule has 5 heteroatoms. The fraction of sp³-hybridized carbons (Fsp3) is 0.455. The van der Waals surface area contributed by atoms with Crippen LogP contribution in [0.3, 0.4) is 0 Å². The number of thiol groups is 1. The molecule has 0 heterocycles. The normalized spacial score (nSPS) is 10.2. The minimum Gasteiger partial charge on any atom is -0.493 e. The molecule has 0 aromatic heterocycles. The van der Waals surface area contributed by atoms with Gasteiger partial charge in [-0.15, -0.1) is 0 Å². The summed E-state index contributed by atoms with van der Waals surface area (Å²) in [7, 11) is 1.62. The van der Waals surface area contributed by atoms with E-state index in [-0.39, 0.29) is 0 Å². The monoisotopic (exact) mass is 306 g/mol. The molecule has 1 rings (SSSR count). The molecule has 0 unspecified atom stereocenters. The third-order valence-corrected chi connectivity index (χ3v) is 2.67. The molecule has 16 heavy (non-hydrogen) atoms. The van der Waals surface area contributed by atoms with Gasteiger partial charge in [-0.1, -0.05) is 6.07 Å². The van der Waals surface area contributed by atoms with Crippen LogP contribution in [0.5, 0.6) is 11.5 Å². The van der Waals surface area contributed by atoms with Gasteiger partial charge in [-0.25, -0.2) is 0 Å². The van der Waals surface area contributed by atoms with Gasteiger partial charge in [-0.2, -0.15) is 12.6 Å². The van der Waals surface area contributed by atoms with Crippen LogP contribution in [-0.4, -0.2) is 32.7 Å². The van der Waals surface area contributed by atoms with E-state index >= 15 is 0 Å². The second kappa shape index (κ2) is 7.81. The highest BCUT2D eigenvalue weighted by molar-refractivity contribution is 9.10. The van der Waals surface area contributed by atoms with E-state index in [0.29, 0.717) is 31.3 Å². The predicted octanol–water partition coefficient (Wildman–Crippen LogP) is 2.78. The smallest absolute Gasteiger partial charge is 0.175 e. The van der Waals surface area contributed by atoms with Crippen LogP contribution in [0.25, 0.3) is 0 Å². The van der Waals surface area contributed by atoms with Crippen LogP contribution < -0.4 is 9.47 Å². The molecule has 0 saturated carbocycles. The lowest BCUT2D eigenvalue weighted by atomic mass is 10.3. The van der Waals surface area contributed by atoms with Gasteiger partial charge in [0.05, 0.1) is 24.8 Å². The Morgan fingerprint density at radius 1 is 1.25 bits per heavy atom. The maximum absolute atomic E-state index is 5.58. The van der Waals surface area contributed by atoms with Crippen molar-refractivity contribution in [1.29, 1.82) is 0 Å². The molecule has 0 aliphatic rings. The van der Waals surface area contributed by atoms with Crippen molar-refractivity contribution in [3.63, 3.8) is 0 Å². The zero-order valence-corrected chi connectivity index (χ0v) is 11.6. The van der Waals surface area contributed by atoms with Crippen molar-refractivity contribution in [2.45, 2.75) is 0 Å². The Balaban J connectivity index is 2.46. The Bertz CT molecular complexity index is 320. The van der Waals surface area contributed by atoms with E-state index in [1.54, 1.807) is 7.11 Å². The Morgan fingerprint density at radius 3 is 2.75 bits per heavy atom. The van der Waals surface area contributed by atoms with Crippen LogP contribution in [-0.2, 0) is 4.74 Å². The zero-order chi connectivity index (χ0) is 11.8. The van der Waals surface area contributed by atoms with E-state index in [1.807, 2.05) is 18.2 Å². The number of halogens is 1. The molecule has 0 aliphatic carbocycles. The second-order valence-electron chi connectivity index (χ2n) is 2.96. The molecular weight excluding hydrogens is 292 g/mol. The van der Waals surface area contributed by atoms with E-state index in [9.17, 15) is 0 Å². The van der Waals surface area contributed by atoms with Gasteiger partial charge in [0, 0.05) is 5.75 Å². The van der Waals surface area contributed by atoms with Crippen LogP contribution in [0, 0.1) is 0 Å². The minimum atomic E-state index is 0.493. The summed E-state index contributed by atoms with van der Waals surface area (Å²) >= 11 is 7.46. The van der Waals surface area contributed by atoms with Gasteiger partial charge in [0.15, 0.2) is 11.5 Å². The second-order valence-corrected chi connectivity index (χ2v) is 4.26. The highest BCUT2D eigenvalue weighted by Gasteiger charge is 2.07. The van der Waals surface area contributed by atoms with Crippen molar-refractivity contribution in [2.24, 2.45) is 0 Å². The SMILES string of the molecule is COc1cccc(Br)c1OCCOCCS. The summed E-state index contributed by atoms with van der Waals surface area (Å²) < 4.78 is 16.9. The molecule has 0 saturated heterocycles. The van der Waals surface area contributed by atoms with Gasteiger partial charge in [0.25, 0.3) is 0 Å². The molecule has 90 valence electrons. The Labute approximate surface area is 110 Å². The predicted molar refractivity (Wildman–Crippen MR) is 70.9 cm³/mol. The first-order chi connectivity index (χ1) is 7.79. The fourth-order valence-electron chi connectivity index (χ4n) is 1.16. The summed E-state index contributed by atoms with van der Waals surface area (Å²) in [5, 5.41) is 0. The number of benzene rings is 1. The largest absolute Gasteiger partial charge is 0.493 e. The van der Waals surface area contributed by atoms with Crippen LogP contribution in [0.1, 0.15) is 0 Å². The number of hydrogen-bond donors (Lipinski definition) is 1. The highest BCUT2D eigenvalue weighted by atomic mass is 79.9. The Morgan fingerprint density at radius 2 is 2.06 bits per heavy atom. The summed E-state index contributed by atoms with van der Waals surface area (Å²) in [5.41, 5.74) is 0. The lowest BCUT2D eigenvalue weighted by Gasteiger charge is -2.12. The average Bonchev–Trinajstić information content (AvgIpc) is 2.30. The van der Waals surface area contributed by atoms with Gasteiger partial charge < -0.3 is 14.2 Å². The number of methoxy groups -OCH3 is 1. The van der Waals surface area contributed by atoms with Crippen molar-refractivity contribution < 1.29 is 14.2 Å². The van der Waals surface area contributed by atoms with Crippen LogP contribution in [0.15, 0.2) is 22.7 Å². The van der Waals surface area contributed by atoms with Gasteiger partial charge in [-0.3, -0.25) is 0 Å². The zero-order valence-electron chi connectivity index (χ0n) is 9.11. The molecule has 0 radical (unpaired) electrons. The van der Waals surface area contributed by atoms with Crippen molar-refractivity contribution in [2.75, 3.05) is 32.7 Å². The van der Waals surface area contributed by atoms with E-state index in [0.717, 1.165) is 10.2 Å². The van der Waals surface area contributed by atoms with E-state index in [2.05, 4.69) is 28.6 Å². The lowest BCUT2D eigenvalue weighted by Crippen LogP contribution is -2.08. The minimum absolute atomic E-state index is 0.493. The molecule has 1 aromatic carbocycles. The third kappa shape index (κ3) is 4.23. The summed E-state index contributed by atoms with van der Waals surface area (Å²) in [6, 6.07) is 5.66. The molecule has 3 nitrogen and oxygen atoms in total. The van der Waals surface area contributed by atoms with Gasteiger partial charge in [-0.05, 0) is 28.1 Å². The topological polar surface area (TPSA) is 27.7 Å². The molecule has 0 N–H and O–H groups in total. The van der Waals surface area contributed by atoms with E-state index in [1.165, 1.54) is 0 Å². The molecular formula is C11H15BrO3S. The molecule has 0 spiro atoms. The van der Waals surface area contributed by atoms with Crippen LogP contribution in [0.2, 0.25) is 0 Å². The van der Waals surface area contributed by atoms with Crippen LogP contribution >= 0.6 is 28.6 Å². The maximum atomic E-state index is 5.58. The first-order valence-corrected chi connectivity index (χ1v) is 6.36. The number of ether oxygens (including phenoxy) is 3. The van der Waals surface area contributed by atoms with Crippen molar-refractivity contribution >= 4 is 28.6 Å². The van der Waals surface area contributed by atoms with E-state index < -0.39 is 0 Å². The summed E-state index contributed by atoms with van der Waals surface area (Å²) in [6.45, 7) is 1.68. The number of para-hydroxylation sites is 1. The molecule has 1 aromatic rings.